The zero-order valence-electron chi connectivity index (χ0n) is 23.7. The number of thiocarbonyl (C=S) groups is 1. The van der Waals surface area contributed by atoms with Crippen molar-refractivity contribution in [1.82, 2.24) is 14.9 Å². The van der Waals surface area contributed by atoms with Crippen LogP contribution in [0.5, 0.6) is 5.75 Å². The Morgan fingerprint density at radius 1 is 1.00 bits per heavy atom. The Morgan fingerprint density at radius 2 is 1.73 bits per heavy atom. The maximum absolute atomic E-state index is 12.7. The summed E-state index contributed by atoms with van der Waals surface area (Å²) in [6.45, 7) is 9.92. The van der Waals surface area contributed by atoms with Gasteiger partial charge in [-0.15, -0.1) is 0 Å². The number of para-hydroxylation sites is 1. The van der Waals surface area contributed by atoms with E-state index >= 15 is 0 Å². The fraction of sp³-hybridized carbons (Fsp3) is 0.281. The highest BCUT2D eigenvalue weighted by atomic mass is 32.1. The van der Waals surface area contributed by atoms with Crippen molar-refractivity contribution in [2.45, 2.75) is 46.7 Å². The molecule has 1 aliphatic heterocycles. The third-order valence-electron chi connectivity index (χ3n) is 7.29. The van der Waals surface area contributed by atoms with E-state index in [1.54, 1.807) is 7.11 Å². The Hall–Kier alpha value is -4.17. The Kier molecular flexibility index (Phi) is 7.38. The molecule has 0 bridgehead atoms. The van der Waals surface area contributed by atoms with Crippen LogP contribution < -0.4 is 20.3 Å². The number of hydrogen-bond donors (Lipinski definition) is 2. The number of nitrogens with zero attached hydrogens (tertiary/aromatic N) is 3. The molecule has 1 aliphatic rings. The number of anilines is 2. The molecule has 1 amide bonds. The van der Waals surface area contributed by atoms with E-state index < -0.39 is 5.41 Å². The van der Waals surface area contributed by atoms with Gasteiger partial charge in [0.2, 0.25) is 5.91 Å². The van der Waals surface area contributed by atoms with Gasteiger partial charge in [-0.05, 0) is 74.1 Å². The number of rotatable bonds is 6. The number of aromatic nitrogens is 2. The highest BCUT2D eigenvalue weighted by molar-refractivity contribution is 7.80. The lowest BCUT2D eigenvalue weighted by Gasteiger charge is -2.29. The number of carbonyl (C=O) groups excluding carboxylic acids is 1. The van der Waals surface area contributed by atoms with E-state index in [4.69, 9.17) is 21.9 Å². The summed E-state index contributed by atoms with van der Waals surface area (Å²) in [4.78, 5) is 19.5. The molecule has 8 heteroatoms. The van der Waals surface area contributed by atoms with Crippen molar-refractivity contribution in [2.75, 3.05) is 17.3 Å². The molecular weight excluding hydrogens is 518 g/mol. The summed E-state index contributed by atoms with van der Waals surface area (Å²) in [7, 11) is 1.61. The van der Waals surface area contributed by atoms with E-state index in [0.717, 1.165) is 34.0 Å². The lowest BCUT2D eigenvalue weighted by atomic mass is 9.95. The zero-order valence-corrected chi connectivity index (χ0v) is 24.5. The van der Waals surface area contributed by atoms with Gasteiger partial charge >= 0.3 is 0 Å². The van der Waals surface area contributed by atoms with Gasteiger partial charge in [-0.25, -0.2) is 0 Å². The highest BCUT2D eigenvalue weighted by Crippen LogP contribution is 2.45. The second-order valence-corrected chi connectivity index (χ2v) is 11.5. The number of ether oxygens (including phenoxy) is 1. The highest BCUT2D eigenvalue weighted by Gasteiger charge is 2.42. The van der Waals surface area contributed by atoms with Crippen LogP contribution in [0.4, 0.5) is 11.4 Å². The van der Waals surface area contributed by atoms with Gasteiger partial charge in [-0.2, -0.15) is 0 Å². The number of benzene rings is 2. The lowest BCUT2D eigenvalue weighted by Crippen LogP contribution is -2.30. The van der Waals surface area contributed by atoms with Gasteiger partial charge in [0.05, 0.1) is 30.6 Å². The third-order valence-corrected chi connectivity index (χ3v) is 7.61. The van der Waals surface area contributed by atoms with E-state index in [9.17, 15) is 4.79 Å². The molecule has 2 aromatic carbocycles. The Labute approximate surface area is 241 Å². The Balaban J connectivity index is 1.62. The first-order valence-electron chi connectivity index (χ1n) is 13.3. The van der Waals surface area contributed by atoms with Crippen molar-refractivity contribution in [3.05, 3.63) is 102 Å². The average molecular weight is 554 g/mol. The van der Waals surface area contributed by atoms with Crippen molar-refractivity contribution < 1.29 is 9.53 Å². The molecule has 4 aromatic rings. The quantitative estimate of drug-likeness (QED) is 0.260. The predicted molar refractivity (Wildman–Crippen MR) is 164 cm³/mol. The van der Waals surface area contributed by atoms with Crippen LogP contribution in [-0.2, 0) is 4.79 Å². The fourth-order valence-corrected chi connectivity index (χ4v) is 5.60. The van der Waals surface area contributed by atoms with E-state index in [-0.39, 0.29) is 18.0 Å². The molecule has 0 radical (unpaired) electrons. The molecule has 2 aromatic heterocycles. The molecule has 1 saturated heterocycles. The number of aryl methyl sites for hydroxylation is 1. The minimum atomic E-state index is -0.535. The van der Waals surface area contributed by atoms with Gasteiger partial charge in [0.25, 0.3) is 0 Å². The number of methoxy groups -OCH3 is 1. The minimum absolute atomic E-state index is 0.0849. The normalized spacial score (nSPS) is 17.1. The molecule has 206 valence electrons. The van der Waals surface area contributed by atoms with Gasteiger partial charge in [-0.1, -0.05) is 45.0 Å². The van der Waals surface area contributed by atoms with E-state index in [0.29, 0.717) is 16.5 Å². The Bertz CT molecular complexity index is 1540. The first-order valence-corrected chi connectivity index (χ1v) is 13.8. The number of hydrogen-bond acceptors (Lipinski definition) is 4. The summed E-state index contributed by atoms with van der Waals surface area (Å²) in [6.07, 6.45) is 1.81. The molecule has 0 saturated carbocycles. The molecule has 0 unspecified atom stereocenters. The Morgan fingerprint density at radius 3 is 2.38 bits per heavy atom. The van der Waals surface area contributed by atoms with Crippen molar-refractivity contribution >= 4 is 34.6 Å². The second-order valence-electron chi connectivity index (χ2n) is 11.1. The molecule has 3 heterocycles. The maximum Gasteiger partial charge on any atom is 0.229 e. The molecule has 2 N–H and O–H groups in total. The van der Waals surface area contributed by atoms with Crippen LogP contribution in [0.2, 0.25) is 0 Å². The van der Waals surface area contributed by atoms with E-state index in [1.807, 2.05) is 69.4 Å². The number of amides is 1. The molecule has 1 fully saturated rings. The van der Waals surface area contributed by atoms with Gasteiger partial charge in [0, 0.05) is 40.4 Å². The first-order chi connectivity index (χ1) is 19.1. The summed E-state index contributed by atoms with van der Waals surface area (Å²) >= 11 is 5.95. The summed E-state index contributed by atoms with van der Waals surface area (Å²) in [5.74, 6) is 0.478. The third kappa shape index (κ3) is 5.07. The van der Waals surface area contributed by atoms with Gasteiger partial charge in [-0.3, -0.25) is 9.78 Å². The molecule has 2 atom stereocenters. The first kappa shape index (κ1) is 27.4. The fourth-order valence-electron chi connectivity index (χ4n) is 5.25. The van der Waals surface area contributed by atoms with Crippen LogP contribution >= 0.6 is 12.2 Å². The SMILES string of the molecule is COc1cc(N2C(=S)N[C@@H](c3ccccn3)[C@H]2c2cc(C)n(-c3ccccc3)c2C)ccc1NC(=O)C(C)(C)C. The van der Waals surface area contributed by atoms with Crippen molar-refractivity contribution in [1.29, 1.82) is 0 Å². The van der Waals surface area contributed by atoms with Gasteiger partial charge in [0.1, 0.15) is 5.75 Å². The maximum atomic E-state index is 12.7. The van der Waals surface area contributed by atoms with Crippen LogP contribution in [0, 0.1) is 19.3 Å². The van der Waals surface area contributed by atoms with Crippen molar-refractivity contribution in [3.63, 3.8) is 0 Å². The van der Waals surface area contributed by atoms with Crippen LogP contribution in [-0.4, -0.2) is 27.7 Å². The molecule has 0 aliphatic carbocycles. The predicted octanol–water partition coefficient (Wildman–Crippen LogP) is 6.66. The van der Waals surface area contributed by atoms with E-state index in [2.05, 4.69) is 64.3 Å². The van der Waals surface area contributed by atoms with E-state index in [1.165, 1.54) is 0 Å². The average Bonchev–Trinajstić information content (AvgIpc) is 3.44. The van der Waals surface area contributed by atoms with Crippen LogP contribution in [0.1, 0.15) is 55.5 Å². The van der Waals surface area contributed by atoms with Crippen molar-refractivity contribution in [3.8, 4) is 11.4 Å². The van der Waals surface area contributed by atoms with Gasteiger partial charge in [0.15, 0.2) is 5.11 Å². The zero-order chi connectivity index (χ0) is 28.6. The van der Waals surface area contributed by atoms with Crippen LogP contribution in [0.25, 0.3) is 5.69 Å². The van der Waals surface area contributed by atoms with Crippen molar-refractivity contribution in [2.24, 2.45) is 5.41 Å². The molecule has 0 spiro atoms. The number of carbonyl (C=O) groups is 1. The standard InChI is InChI=1S/C32H35N5O2S/c1-20-18-24(21(2)36(20)22-12-8-7-9-13-22)29-28(26-14-10-11-17-33-26)35-31(40)37(29)23-15-16-25(27(19-23)39-6)34-30(38)32(3,4)5/h7-19,28-29H,1-6H3,(H,34,38)(H,35,40)/t28-,29+/m0/s1. The minimum Gasteiger partial charge on any atom is -0.494 e. The lowest BCUT2D eigenvalue weighted by molar-refractivity contribution is -0.123. The summed E-state index contributed by atoms with van der Waals surface area (Å²) in [5, 5.41) is 7.14. The smallest absolute Gasteiger partial charge is 0.229 e. The van der Waals surface area contributed by atoms with Gasteiger partial charge < -0.3 is 24.8 Å². The summed E-state index contributed by atoms with van der Waals surface area (Å²) in [5.41, 5.74) is 6.36. The number of pyridine rings is 1. The molecule has 5 rings (SSSR count). The summed E-state index contributed by atoms with van der Waals surface area (Å²) in [6, 6.07) is 24.0. The molecular formula is C32H35N5O2S. The number of nitrogens with one attached hydrogen (secondary N) is 2. The van der Waals surface area contributed by atoms with Crippen LogP contribution in [0.3, 0.4) is 0 Å². The monoisotopic (exact) mass is 553 g/mol. The topological polar surface area (TPSA) is 71.4 Å². The molecule has 7 nitrogen and oxygen atoms in total. The van der Waals surface area contributed by atoms with Crippen LogP contribution in [0.15, 0.2) is 79.0 Å². The summed E-state index contributed by atoms with van der Waals surface area (Å²) < 4.78 is 8.00. The second kappa shape index (κ2) is 10.8. The largest absolute Gasteiger partial charge is 0.494 e. The molecule has 40 heavy (non-hydrogen) atoms.